The number of carbonyl (C=O) groups excluding carboxylic acids is 1. The van der Waals surface area contributed by atoms with Crippen molar-refractivity contribution in [2.75, 3.05) is 32.9 Å². The van der Waals surface area contributed by atoms with E-state index in [4.69, 9.17) is 27.4 Å². The van der Waals surface area contributed by atoms with Gasteiger partial charge in [-0.1, -0.05) is 47.7 Å². The summed E-state index contributed by atoms with van der Waals surface area (Å²) in [7, 11) is 3.92. The Balaban J connectivity index is 1.38. The van der Waals surface area contributed by atoms with Gasteiger partial charge in [-0.25, -0.2) is 19.6 Å². The zero-order valence-electron chi connectivity index (χ0n) is 27.7. The van der Waals surface area contributed by atoms with Crippen molar-refractivity contribution in [1.29, 1.82) is 0 Å². The molecule has 0 aliphatic heterocycles. The van der Waals surface area contributed by atoms with Crippen molar-refractivity contribution in [2.45, 2.75) is 32.4 Å². The molecule has 0 bridgehead atoms. The molecule has 0 saturated carbocycles. The fourth-order valence-corrected chi connectivity index (χ4v) is 5.79. The Morgan fingerprint density at radius 2 is 1.82 bits per heavy atom. The van der Waals surface area contributed by atoms with Gasteiger partial charge in [0.15, 0.2) is 5.65 Å². The minimum atomic E-state index is -0.278. The van der Waals surface area contributed by atoms with Crippen molar-refractivity contribution in [3.63, 3.8) is 0 Å². The molecule has 50 heavy (non-hydrogen) atoms. The lowest BCUT2D eigenvalue weighted by Gasteiger charge is -2.15. The maximum atomic E-state index is 14.4. The number of phenolic OH excluding ortho intramolecular Hbond substituents is 1. The van der Waals surface area contributed by atoms with Crippen molar-refractivity contribution in [1.82, 2.24) is 39.5 Å². The molecule has 0 unspecified atom stereocenters. The van der Waals surface area contributed by atoms with Crippen molar-refractivity contribution in [3.8, 4) is 28.8 Å². The van der Waals surface area contributed by atoms with Gasteiger partial charge in [0.1, 0.15) is 36.0 Å². The van der Waals surface area contributed by atoms with E-state index in [1.54, 1.807) is 51.7 Å². The van der Waals surface area contributed by atoms with Crippen LogP contribution in [-0.4, -0.2) is 72.4 Å². The fourth-order valence-electron chi connectivity index (χ4n) is 5.59. The minimum Gasteiger partial charge on any atom is -0.508 e. The Kier molecular flexibility index (Phi) is 10.4. The van der Waals surface area contributed by atoms with E-state index in [1.807, 2.05) is 43.3 Å². The van der Waals surface area contributed by atoms with Crippen LogP contribution in [0.15, 0.2) is 77.9 Å². The van der Waals surface area contributed by atoms with E-state index < -0.39 is 0 Å². The number of hydrogen-bond donors (Lipinski definition) is 3. The summed E-state index contributed by atoms with van der Waals surface area (Å²) < 4.78 is 3.23. The number of anilines is 1. The van der Waals surface area contributed by atoms with Crippen molar-refractivity contribution < 1.29 is 9.90 Å². The monoisotopic (exact) mass is 689 g/mol. The first-order valence-corrected chi connectivity index (χ1v) is 16.5. The van der Waals surface area contributed by atoms with Gasteiger partial charge in [-0.2, -0.15) is 5.10 Å². The third-order valence-corrected chi connectivity index (χ3v) is 8.52. The van der Waals surface area contributed by atoms with Crippen LogP contribution in [0, 0.1) is 11.8 Å². The average Bonchev–Trinajstić information content (AvgIpc) is 3.46. The van der Waals surface area contributed by atoms with Crippen LogP contribution in [0.25, 0.3) is 33.2 Å². The number of rotatable bonds is 11. The van der Waals surface area contributed by atoms with Crippen LogP contribution in [0.2, 0.25) is 5.02 Å². The zero-order chi connectivity index (χ0) is 35.2. The van der Waals surface area contributed by atoms with E-state index >= 15 is 0 Å². The quantitative estimate of drug-likeness (QED) is 0.132. The Bertz CT molecular complexity index is 2300. The maximum Gasteiger partial charge on any atom is 0.263 e. The van der Waals surface area contributed by atoms with Crippen LogP contribution in [0.4, 0.5) is 5.82 Å². The summed E-state index contributed by atoms with van der Waals surface area (Å²) in [4.78, 5) is 42.3. The number of amides is 1. The molecule has 254 valence electrons. The van der Waals surface area contributed by atoms with Crippen molar-refractivity contribution in [2.24, 2.45) is 0 Å². The largest absolute Gasteiger partial charge is 0.508 e. The van der Waals surface area contributed by atoms with Gasteiger partial charge in [-0.15, -0.1) is 0 Å². The van der Waals surface area contributed by atoms with E-state index in [-0.39, 0.29) is 36.1 Å². The number of carbonyl (C=O) groups is 1. The van der Waals surface area contributed by atoms with Crippen LogP contribution >= 0.6 is 11.6 Å². The lowest BCUT2D eigenvalue weighted by Crippen LogP contribution is -2.31. The molecule has 0 aliphatic carbocycles. The van der Waals surface area contributed by atoms with Gasteiger partial charge in [0.2, 0.25) is 5.91 Å². The van der Waals surface area contributed by atoms with Crippen molar-refractivity contribution in [3.05, 3.63) is 105 Å². The molecule has 0 saturated heterocycles. The number of likely N-dealkylation sites (N-methyl/N-ethyl adjacent to an activating group) is 1. The fraction of sp³-hybridized carbons (Fsp3) is 0.243. The van der Waals surface area contributed by atoms with Crippen LogP contribution in [-0.2, 0) is 17.9 Å². The Hall–Kier alpha value is -5.77. The molecule has 0 spiro atoms. The molecular weight excluding hydrogens is 654 g/mol. The number of aromatic nitrogens is 6. The molecule has 4 N–H and O–H groups in total. The molecular formula is C37H36ClN9O3. The van der Waals surface area contributed by atoms with Crippen LogP contribution in [0.5, 0.6) is 5.75 Å². The van der Waals surface area contributed by atoms with Gasteiger partial charge in [0, 0.05) is 42.1 Å². The number of fused-ring (bicyclic) bond motifs is 2. The molecule has 0 atom stereocenters. The van der Waals surface area contributed by atoms with E-state index in [9.17, 15) is 14.7 Å². The van der Waals surface area contributed by atoms with E-state index in [1.165, 1.54) is 6.33 Å². The molecule has 12 nitrogen and oxygen atoms in total. The predicted molar refractivity (Wildman–Crippen MR) is 195 cm³/mol. The van der Waals surface area contributed by atoms with Gasteiger partial charge in [-0.05, 0) is 68.5 Å². The average molecular weight is 690 g/mol. The number of benzene rings is 3. The lowest BCUT2D eigenvalue weighted by atomic mass is 10.1. The smallest absolute Gasteiger partial charge is 0.263 e. The molecule has 0 radical (unpaired) electrons. The Labute approximate surface area is 293 Å². The first-order chi connectivity index (χ1) is 24.2. The van der Waals surface area contributed by atoms with Crippen LogP contribution < -0.4 is 16.6 Å². The molecule has 3 aromatic carbocycles. The third kappa shape index (κ3) is 7.59. The highest BCUT2D eigenvalue weighted by Gasteiger charge is 2.21. The van der Waals surface area contributed by atoms with Crippen molar-refractivity contribution >= 4 is 45.3 Å². The number of phenols is 1. The summed E-state index contributed by atoms with van der Waals surface area (Å²) in [5.74, 6) is 7.08. The number of nitrogen functional groups attached to an aromatic ring is 1. The van der Waals surface area contributed by atoms with Crippen LogP contribution in [0.1, 0.15) is 36.2 Å². The topological polar surface area (TPSA) is 157 Å². The summed E-state index contributed by atoms with van der Waals surface area (Å²) in [6.07, 6.45) is 2.84. The number of nitrogens with zero attached hydrogens (tertiary/aromatic N) is 7. The number of nitrogens with one attached hydrogen (secondary N) is 1. The molecule has 13 heteroatoms. The number of nitrogens with two attached hydrogens (primary N) is 1. The molecule has 0 fully saturated rings. The highest BCUT2D eigenvalue weighted by Crippen LogP contribution is 2.31. The molecule has 3 heterocycles. The molecule has 3 aromatic heterocycles. The van der Waals surface area contributed by atoms with E-state index in [2.05, 4.69) is 27.1 Å². The second-order valence-electron chi connectivity index (χ2n) is 12.0. The number of aromatic hydroxyl groups is 1. The summed E-state index contributed by atoms with van der Waals surface area (Å²) in [6.45, 7) is 1.61. The SMILES string of the molecule is CN(C)CCNC(=O)CCCC#Cc1cccc2nc(Cn3nc(-c4ccc(O)cc4)c4c(N)ncnc43)n(Cc3ccccc3Cl)c(=O)c12. The summed E-state index contributed by atoms with van der Waals surface area (Å²) in [5, 5.41) is 19.1. The Morgan fingerprint density at radius 3 is 2.60 bits per heavy atom. The molecule has 0 aliphatic rings. The second kappa shape index (κ2) is 15.2. The van der Waals surface area contributed by atoms with Gasteiger partial charge in [0.25, 0.3) is 5.56 Å². The van der Waals surface area contributed by atoms with Gasteiger partial charge in [-0.3, -0.25) is 14.2 Å². The first-order valence-electron chi connectivity index (χ1n) is 16.1. The van der Waals surface area contributed by atoms with E-state index in [0.29, 0.717) is 75.4 Å². The normalized spacial score (nSPS) is 11.2. The second-order valence-corrected chi connectivity index (χ2v) is 12.4. The Morgan fingerprint density at radius 1 is 1.02 bits per heavy atom. The summed E-state index contributed by atoms with van der Waals surface area (Å²) in [6, 6.07) is 19.4. The molecule has 6 rings (SSSR count). The van der Waals surface area contributed by atoms with E-state index in [0.717, 1.165) is 12.1 Å². The van der Waals surface area contributed by atoms with Crippen LogP contribution in [0.3, 0.4) is 0 Å². The maximum absolute atomic E-state index is 14.4. The van der Waals surface area contributed by atoms with Gasteiger partial charge >= 0.3 is 0 Å². The molecule has 6 aromatic rings. The third-order valence-electron chi connectivity index (χ3n) is 8.15. The lowest BCUT2D eigenvalue weighted by molar-refractivity contribution is -0.121. The highest BCUT2D eigenvalue weighted by molar-refractivity contribution is 6.31. The van der Waals surface area contributed by atoms with Gasteiger partial charge in [0.05, 0.1) is 22.8 Å². The molecule has 1 amide bonds. The predicted octanol–water partition coefficient (Wildman–Crippen LogP) is 4.44. The summed E-state index contributed by atoms with van der Waals surface area (Å²) in [5.41, 5.74) is 9.53. The minimum absolute atomic E-state index is 0.00713. The highest BCUT2D eigenvalue weighted by atomic mass is 35.5. The summed E-state index contributed by atoms with van der Waals surface area (Å²) >= 11 is 6.57. The zero-order valence-corrected chi connectivity index (χ0v) is 28.5. The standard InChI is InChI=1S/C37H36ClN9O3/c1-45(2)20-19-40-31(49)14-5-3-4-9-24-11-8-13-29-32(24)37(50)46(21-26-10-6-7-12-28(26)38)30(43-29)22-47-36-33(35(39)41-23-42-36)34(44-47)25-15-17-27(48)18-16-25/h6-8,10-13,15-18,23,48H,3,5,14,19-22H2,1-2H3,(H,40,49)(H2,39,41,42). The van der Waals surface area contributed by atoms with Gasteiger partial charge < -0.3 is 21.1 Å². The number of hydrogen-bond acceptors (Lipinski definition) is 9. The number of unbranched alkanes of at least 4 members (excludes halogenated alkanes) is 1. The number of halogens is 1. The first kappa shape index (κ1) is 34.1.